The first-order valence-corrected chi connectivity index (χ1v) is 11.0. The summed E-state index contributed by atoms with van der Waals surface area (Å²) >= 11 is 0. The number of hydroxylamine groups is 1. The maximum Gasteiger partial charge on any atom is 0.247 e. The van der Waals surface area contributed by atoms with E-state index in [0.29, 0.717) is 31.7 Å². The number of nitrogens with one attached hydrogen (secondary N) is 1. The van der Waals surface area contributed by atoms with E-state index in [4.69, 9.17) is 4.74 Å². The van der Waals surface area contributed by atoms with Crippen LogP contribution in [0.15, 0.2) is 54.6 Å². The normalized spacial score (nSPS) is 23.5. The summed E-state index contributed by atoms with van der Waals surface area (Å²) in [4.78, 5) is 29.7. The minimum atomic E-state index is -0.702. The van der Waals surface area contributed by atoms with Gasteiger partial charge >= 0.3 is 0 Å². The van der Waals surface area contributed by atoms with E-state index < -0.39 is 23.6 Å². The average molecular weight is 442 g/mol. The van der Waals surface area contributed by atoms with Crippen LogP contribution in [-0.4, -0.2) is 54.2 Å². The second kappa shape index (κ2) is 9.99. The van der Waals surface area contributed by atoms with Crippen molar-refractivity contribution in [3.05, 3.63) is 60.4 Å². The van der Waals surface area contributed by atoms with Gasteiger partial charge in [-0.05, 0) is 43.5 Å². The Bertz CT molecular complexity index is 934. The predicted octanol–water partition coefficient (Wildman–Crippen LogP) is 2.84. The zero-order valence-electron chi connectivity index (χ0n) is 17.8. The number of rotatable bonds is 5. The smallest absolute Gasteiger partial charge is 0.247 e. The highest BCUT2D eigenvalue weighted by atomic mass is 19.1. The fourth-order valence-electron chi connectivity index (χ4n) is 4.70. The highest BCUT2D eigenvalue weighted by Crippen LogP contribution is 2.34. The lowest BCUT2D eigenvalue weighted by Crippen LogP contribution is -2.53. The maximum atomic E-state index is 13.5. The minimum Gasteiger partial charge on any atom is -0.490 e. The molecule has 0 bridgehead atoms. The summed E-state index contributed by atoms with van der Waals surface area (Å²) in [5.41, 5.74) is 2.84. The molecule has 0 unspecified atom stereocenters. The van der Waals surface area contributed by atoms with E-state index >= 15 is 0 Å². The number of benzene rings is 2. The van der Waals surface area contributed by atoms with Gasteiger partial charge in [-0.2, -0.15) is 0 Å². The quantitative estimate of drug-likeness (QED) is 0.551. The van der Waals surface area contributed by atoms with E-state index in [9.17, 15) is 19.2 Å². The van der Waals surface area contributed by atoms with Gasteiger partial charge in [0, 0.05) is 37.9 Å². The van der Waals surface area contributed by atoms with Crippen LogP contribution in [0.1, 0.15) is 19.3 Å². The highest BCUT2D eigenvalue weighted by molar-refractivity contribution is 5.87. The molecule has 170 valence electrons. The summed E-state index contributed by atoms with van der Waals surface area (Å²) in [6, 6.07) is 15.9. The van der Waals surface area contributed by atoms with Gasteiger partial charge < -0.3 is 14.5 Å². The van der Waals surface area contributed by atoms with Gasteiger partial charge in [0.05, 0.1) is 17.9 Å². The summed E-state index contributed by atoms with van der Waals surface area (Å²) < 4.78 is 19.3. The molecule has 4 rings (SSSR count). The Kier molecular flexibility index (Phi) is 6.90. The topological polar surface area (TPSA) is 82.1 Å². The first kappa shape index (κ1) is 22.1. The molecular formula is C24H28FN3O4. The SMILES string of the molecule is O=C(NO)[C@H]1C[C@H](Oc2cccc(F)c2)CC[C@@H]1C(=O)N1CCN(c2ccccc2)CC1. The lowest BCUT2D eigenvalue weighted by Gasteiger charge is -2.40. The number of carbonyl (C=O) groups is 2. The molecule has 3 atom stereocenters. The van der Waals surface area contributed by atoms with Crippen LogP contribution < -0.4 is 15.1 Å². The molecule has 2 aromatic rings. The summed E-state index contributed by atoms with van der Waals surface area (Å²) in [7, 11) is 0. The molecule has 2 aliphatic rings. The van der Waals surface area contributed by atoms with Crippen molar-refractivity contribution >= 4 is 17.5 Å². The van der Waals surface area contributed by atoms with Crippen LogP contribution in [0.5, 0.6) is 5.75 Å². The third-order valence-electron chi connectivity index (χ3n) is 6.38. The number of carbonyl (C=O) groups excluding carboxylic acids is 2. The highest BCUT2D eigenvalue weighted by Gasteiger charge is 2.42. The predicted molar refractivity (Wildman–Crippen MR) is 117 cm³/mol. The number of hydrogen-bond acceptors (Lipinski definition) is 5. The Morgan fingerprint density at radius 2 is 1.72 bits per heavy atom. The first-order valence-electron chi connectivity index (χ1n) is 11.0. The van der Waals surface area contributed by atoms with Crippen LogP contribution in [0, 0.1) is 17.7 Å². The maximum absolute atomic E-state index is 13.5. The summed E-state index contributed by atoms with van der Waals surface area (Å²) in [5.74, 6) is -1.87. The molecule has 1 aliphatic heterocycles. The Morgan fingerprint density at radius 3 is 2.41 bits per heavy atom. The van der Waals surface area contributed by atoms with Gasteiger partial charge in [0.2, 0.25) is 11.8 Å². The molecule has 2 aromatic carbocycles. The van der Waals surface area contributed by atoms with Crippen LogP contribution in [0.4, 0.5) is 10.1 Å². The molecule has 8 heteroatoms. The lowest BCUT2D eigenvalue weighted by atomic mass is 9.76. The Hall–Kier alpha value is -3.13. The van der Waals surface area contributed by atoms with Gasteiger partial charge in [0.1, 0.15) is 11.6 Å². The minimum absolute atomic E-state index is 0.0597. The molecule has 0 aromatic heterocycles. The molecule has 7 nitrogen and oxygen atoms in total. The van der Waals surface area contributed by atoms with Gasteiger partial charge in [0.15, 0.2) is 0 Å². The number of amides is 2. The number of anilines is 1. The zero-order chi connectivity index (χ0) is 22.5. The van der Waals surface area contributed by atoms with Gasteiger partial charge in [0.25, 0.3) is 0 Å². The molecule has 2 fully saturated rings. The molecule has 1 saturated heterocycles. The van der Waals surface area contributed by atoms with Crippen molar-refractivity contribution < 1.29 is 23.9 Å². The molecule has 2 amide bonds. The molecule has 1 aliphatic carbocycles. The van der Waals surface area contributed by atoms with Crippen molar-refractivity contribution in [2.45, 2.75) is 25.4 Å². The fourth-order valence-corrected chi connectivity index (χ4v) is 4.70. The van der Waals surface area contributed by atoms with Crippen molar-refractivity contribution in [3.8, 4) is 5.75 Å². The van der Waals surface area contributed by atoms with Crippen molar-refractivity contribution in [2.24, 2.45) is 11.8 Å². The van der Waals surface area contributed by atoms with Gasteiger partial charge in [-0.1, -0.05) is 24.3 Å². The van der Waals surface area contributed by atoms with E-state index in [-0.39, 0.29) is 18.4 Å². The van der Waals surface area contributed by atoms with E-state index in [1.165, 1.54) is 12.1 Å². The third kappa shape index (κ3) is 5.02. The fraction of sp³-hybridized carbons (Fsp3) is 0.417. The molecule has 0 radical (unpaired) electrons. The monoisotopic (exact) mass is 441 g/mol. The Balaban J connectivity index is 1.39. The summed E-state index contributed by atoms with van der Waals surface area (Å²) in [5, 5.41) is 9.25. The van der Waals surface area contributed by atoms with E-state index in [1.807, 2.05) is 23.1 Å². The summed E-state index contributed by atoms with van der Waals surface area (Å²) in [6.45, 7) is 2.62. The Labute approximate surface area is 186 Å². The van der Waals surface area contributed by atoms with Crippen LogP contribution in [-0.2, 0) is 9.59 Å². The molecule has 1 heterocycles. The van der Waals surface area contributed by atoms with E-state index in [2.05, 4.69) is 17.0 Å². The number of halogens is 1. The van der Waals surface area contributed by atoms with Crippen LogP contribution in [0.25, 0.3) is 0 Å². The standard InChI is InChI=1S/C24H28FN3O4/c25-17-5-4-8-19(15-17)32-20-9-10-21(22(16-20)23(29)26-31)24(30)28-13-11-27(12-14-28)18-6-2-1-3-7-18/h1-8,15,20-22,31H,9-14,16H2,(H,26,29)/t20-,21+,22+/m1/s1. The number of para-hydroxylation sites is 1. The number of piperazine rings is 1. The lowest BCUT2D eigenvalue weighted by molar-refractivity contribution is -0.148. The van der Waals surface area contributed by atoms with Crippen molar-refractivity contribution in [3.63, 3.8) is 0 Å². The average Bonchev–Trinajstić information content (AvgIpc) is 2.84. The Morgan fingerprint density at radius 1 is 0.969 bits per heavy atom. The van der Waals surface area contributed by atoms with Crippen LogP contribution in [0.3, 0.4) is 0 Å². The van der Waals surface area contributed by atoms with Gasteiger partial charge in [-0.15, -0.1) is 0 Å². The molecule has 0 spiro atoms. The molecule has 2 N–H and O–H groups in total. The largest absolute Gasteiger partial charge is 0.490 e. The van der Waals surface area contributed by atoms with Crippen LogP contribution in [0.2, 0.25) is 0 Å². The third-order valence-corrected chi connectivity index (χ3v) is 6.38. The van der Waals surface area contributed by atoms with Crippen molar-refractivity contribution in [2.75, 3.05) is 31.1 Å². The number of ether oxygens (including phenoxy) is 1. The number of hydrogen-bond donors (Lipinski definition) is 2. The van der Waals surface area contributed by atoms with E-state index in [1.54, 1.807) is 17.6 Å². The van der Waals surface area contributed by atoms with E-state index in [0.717, 1.165) is 18.8 Å². The van der Waals surface area contributed by atoms with Gasteiger partial charge in [-0.3, -0.25) is 14.8 Å². The second-order valence-electron chi connectivity index (χ2n) is 8.35. The summed E-state index contributed by atoms with van der Waals surface area (Å²) in [6.07, 6.45) is 0.989. The van der Waals surface area contributed by atoms with Gasteiger partial charge in [-0.25, -0.2) is 9.87 Å². The zero-order valence-corrected chi connectivity index (χ0v) is 17.8. The first-order chi connectivity index (χ1) is 15.5. The number of nitrogens with zero attached hydrogens (tertiary/aromatic N) is 2. The van der Waals surface area contributed by atoms with Crippen molar-refractivity contribution in [1.82, 2.24) is 10.4 Å². The molecule has 32 heavy (non-hydrogen) atoms. The van der Waals surface area contributed by atoms with Crippen molar-refractivity contribution in [1.29, 1.82) is 0 Å². The second-order valence-corrected chi connectivity index (χ2v) is 8.35. The molecular weight excluding hydrogens is 413 g/mol. The molecule has 1 saturated carbocycles. The van der Waals surface area contributed by atoms with Crippen LogP contribution >= 0.6 is 0 Å².